The molecule has 2 nitrogen and oxygen atoms in total. The van der Waals surface area contributed by atoms with E-state index in [9.17, 15) is 0 Å². The Morgan fingerprint density at radius 1 is 1.42 bits per heavy atom. The predicted octanol–water partition coefficient (Wildman–Crippen LogP) is 2.58. The molecule has 0 aliphatic carbocycles. The van der Waals surface area contributed by atoms with Gasteiger partial charge in [-0.3, -0.25) is 4.98 Å². The lowest BCUT2D eigenvalue weighted by atomic mass is 10.3. The zero-order valence-electron chi connectivity index (χ0n) is 7.42. The van der Waals surface area contributed by atoms with E-state index < -0.39 is 0 Å². The number of hydrogen-bond donors (Lipinski definition) is 0. The van der Waals surface area contributed by atoms with Crippen molar-refractivity contribution in [2.45, 2.75) is 13.8 Å². The van der Waals surface area contributed by atoms with Crippen molar-refractivity contribution in [2.24, 2.45) is 0 Å². The average molecular weight is 185 g/mol. The van der Waals surface area contributed by atoms with Crippen molar-refractivity contribution < 1.29 is 0 Å². The van der Waals surface area contributed by atoms with Gasteiger partial charge in [0.15, 0.2) is 0 Å². The first-order valence-corrected chi connectivity index (χ1v) is 4.51. The van der Waals surface area contributed by atoms with Gasteiger partial charge < -0.3 is 4.90 Å². The number of hydrogen-bond acceptors (Lipinski definition) is 2. The molecule has 1 aromatic rings. The van der Waals surface area contributed by atoms with Crippen LogP contribution in [0.15, 0.2) is 18.5 Å². The van der Waals surface area contributed by atoms with Gasteiger partial charge in [0, 0.05) is 19.3 Å². The molecule has 0 aliphatic heterocycles. The monoisotopic (exact) mass is 184 g/mol. The highest BCUT2D eigenvalue weighted by atomic mass is 35.5. The van der Waals surface area contributed by atoms with E-state index in [1.807, 2.05) is 6.07 Å². The number of halogens is 1. The van der Waals surface area contributed by atoms with Gasteiger partial charge in [0.25, 0.3) is 0 Å². The van der Waals surface area contributed by atoms with Crippen LogP contribution in [0, 0.1) is 0 Å². The highest BCUT2D eigenvalue weighted by Gasteiger charge is 2.04. The summed E-state index contributed by atoms with van der Waals surface area (Å²) in [7, 11) is 0. The van der Waals surface area contributed by atoms with Gasteiger partial charge >= 0.3 is 0 Å². The summed E-state index contributed by atoms with van der Waals surface area (Å²) in [6.45, 7) is 6.13. The van der Waals surface area contributed by atoms with Gasteiger partial charge in [0.05, 0.1) is 16.9 Å². The summed E-state index contributed by atoms with van der Waals surface area (Å²) < 4.78 is 0. The fraction of sp³-hybridized carbons (Fsp3) is 0.444. The van der Waals surface area contributed by atoms with Gasteiger partial charge in [0.1, 0.15) is 0 Å². The van der Waals surface area contributed by atoms with Crippen LogP contribution in [0.2, 0.25) is 5.02 Å². The number of rotatable bonds is 3. The summed E-state index contributed by atoms with van der Waals surface area (Å²) in [6, 6.07) is 1.81. The van der Waals surface area contributed by atoms with E-state index in [0.717, 1.165) is 23.8 Å². The largest absolute Gasteiger partial charge is 0.370 e. The van der Waals surface area contributed by atoms with Crippen molar-refractivity contribution in [3.8, 4) is 0 Å². The molecule has 0 aliphatic rings. The number of nitrogens with zero attached hydrogens (tertiary/aromatic N) is 2. The van der Waals surface area contributed by atoms with Crippen molar-refractivity contribution in [2.75, 3.05) is 18.0 Å². The Morgan fingerprint density at radius 2 is 2.08 bits per heavy atom. The van der Waals surface area contributed by atoms with Gasteiger partial charge in [-0.25, -0.2) is 0 Å². The van der Waals surface area contributed by atoms with Gasteiger partial charge in [-0.1, -0.05) is 11.6 Å². The van der Waals surface area contributed by atoms with Crippen molar-refractivity contribution in [1.29, 1.82) is 0 Å². The maximum Gasteiger partial charge on any atom is 0.0741 e. The molecule has 3 heteroatoms. The molecule has 0 spiro atoms. The molecule has 0 aromatic carbocycles. The van der Waals surface area contributed by atoms with E-state index in [2.05, 4.69) is 23.7 Å². The molecule has 0 amide bonds. The summed E-state index contributed by atoms with van der Waals surface area (Å²) in [6.07, 6.45) is 3.50. The quantitative estimate of drug-likeness (QED) is 0.718. The minimum Gasteiger partial charge on any atom is -0.370 e. The molecule has 1 rings (SSSR count). The Hall–Kier alpha value is -0.760. The molecule has 0 bridgehead atoms. The first-order valence-electron chi connectivity index (χ1n) is 4.14. The molecule has 1 heterocycles. The summed E-state index contributed by atoms with van der Waals surface area (Å²) in [5.74, 6) is 0. The lowest BCUT2D eigenvalue weighted by Gasteiger charge is -2.21. The maximum atomic E-state index is 5.99. The highest BCUT2D eigenvalue weighted by molar-refractivity contribution is 6.33. The normalized spacial score (nSPS) is 9.92. The molecule has 0 saturated heterocycles. The molecule has 0 atom stereocenters. The van der Waals surface area contributed by atoms with E-state index in [4.69, 9.17) is 11.6 Å². The van der Waals surface area contributed by atoms with Gasteiger partial charge in [0.2, 0.25) is 0 Å². The third-order valence-electron chi connectivity index (χ3n) is 1.85. The second-order valence-electron chi connectivity index (χ2n) is 2.50. The van der Waals surface area contributed by atoms with Crippen molar-refractivity contribution >= 4 is 17.3 Å². The number of anilines is 1. The Bertz CT molecular complexity index is 246. The van der Waals surface area contributed by atoms with Crippen LogP contribution in [0.5, 0.6) is 0 Å². The summed E-state index contributed by atoms with van der Waals surface area (Å²) >= 11 is 5.99. The molecule has 0 fully saturated rings. The Balaban J connectivity index is 2.92. The van der Waals surface area contributed by atoms with Crippen LogP contribution in [0.1, 0.15) is 13.8 Å². The Kier molecular flexibility index (Phi) is 3.35. The second kappa shape index (κ2) is 4.31. The van der Waals surface area contributed by atoms with Crippen LogP contribution >= 0.6 is 11.6 Å². The molecular formula is C9H13ClN2. The van der Waals surface area contributed by atoms with Gasteiger partial charge in [-0.2, -0.15) is 0 Å². The average Bonchev–Trinajstić information content (AvgIpc) is 2.10. The van der Waals surface area contributed by atoms with E-state index >= 15 is 0 Å². The summed E-state index contributed by atoms with van der Waals surface area (Å²) in [5.41, 5.74) is 1.02. The van der Waals surface area contributed by atoms with Crippen molar-refractivity contribution in [1.82, 2.24) is 4.98 Å². The minimum atomic E-state index is 0.772. The van der Waals surface area contributed by atoms with E-state index in [1.54, 1.807) is 12.4 Å². The molecule has 0 saturated carbocycles. The van der Waals surface area contributed by atoms with Crippen LogP contribution in [0.3, 0.4) is 0 Å². The fourth-order valence-electron chi connectivity index (χ4n) is 1.17. The minimum absolute atomic E-state index is 0.772. The molecule has 0 N–H and O–H groups in total. The van der Waals surface area contributed by atoms with E-state index in [-0.39, 0.29) is 0 Å². The standard InChI is InChI=1S/C9H13ClN2/c1-3-12(4-2)9-7-11-6-5-8(9)10/h5-7H,3-4H2,1-2H3. The first kappa shape index (κ1) is 9.33. The summed E-state index contributed by atoms with van der Waals surface area (Å²) in [5, 5.41) is 0.772. The lowest BCUT2D eigenvalue weighted by molar-refractivity contribution is 0.863. The molecule has 12 heavy (non-hydrogen) atoms. The predicted molar refractivity (Wildman–Crippen MR) is 52.8 cm³/mol. The smallest absolute Gasteiger partial charge is 0.0741 e. The van der Waals surface area contributed by atoms with E-state index in [1.165, 1.54) is 0 Å². The molecular weight excluding hydrogens is 172 g/mol. The SMILES string of the molecule is CCN(CC)c1cnccc1Cl. The van der Waals surface area contributed by atoms with Crippen LogP contribution in [-0.2, 0) is 0 Å². The van der Waals surface area contributed by atoms with Crippen LogP contribution in [-0.4, -0.2) is 18.1 Å². The van der Waals surface area contributed by atoms with Crippen LogP contribution in [0.25, 0.3) is 0 Å². The van der Waals surface area contributed by atoms with Gasteiger partial charge in [-0.05, 0) is 19.9 Å². The third-order valence-corrected chi connectivity index (χ3v) is 2.17. The fourth-order valence-corrected chi connectivity index (χ4v) is 1.39. The first-order chi connectivity index (χ1) is 5.79. The van der Waals surface area contributed by atoms with E-state index in [0.29, 0.717) is 0 Å². The van der Waals surface area contributed by atoms with Crippen molar-refractivity contribution in [3.05, 3.63) is 23.5 Å². The number of aromatic nitrogens is 1. The topological polar surface area (TPSA) is 16.1 Å². The van der Waals surface area contributed by atoms with Gasteiger partial charge in [-0.15, -0.1) is 0 Å². The molecule has 1 aromatic heterocycles. The highest BCUT2D eigenvalue weighted by Crippen LogP contribution is 2.23. The maximum absolute atomic E-state index is 5.99. The lowest BCUT2D eigenvalue weighted by Crippen LogP contribution is -2.22. The van der Waals surface area contributed by atoms with Crippen LogP contribution in [0.4, 0.5) is 5.69 Å². The zero-order valence-corrected chi connectivity index (χ0v) is 8.17. The Labute approximate surface area is 78.2 Å². The third kappa shape index (κ3) is 1.89. The Morgan fingerprint density at radius 3 is 2.58 bits per heavy atom. The molecule has 0 radical (unpaired) electrons. The zero-order chi connectivity index (χ0) is 8.97. The second-order valence-corrected chi connectivity index (χ2v) is 2.91. The molecule has 0 unspecified atom stereocenters. The van der Waals surface area contributed by atoms with Crippen LogP contribution < -0.4 is 4.90 Å². The molecule has 66 valence electrons. The summed E-state index contributed by atoms with van der Waals surface area (Å²) in [4.78, 5) is 6.21. The van der Waals surface area contributed by atoms with Crippen molar-refractivity contribution in [3.63, 3.8) is 0 Å². The number of pyridine rings is 1.